The van der Waals surface area contributed by atoms with Crippen LogP contribution in [-0.4, -0.2) is 35.0 Å². The number of anilines is 1. The predicted molar refractivity (Wildman–Crippen MR) is 83.9 cm³/mol. The second kappa shape index (κ2) is 6.30. The molecule has 0 spiro atoms. The Morgan fingerprint density at radius 2 is 1.84 bits per heavy atom. The van der Waals surface area contributed by atoms with E-state index in [0.717, 1.165) is 23.2 Å². The van der Waals surface area contributed by atoms with Crippen molar-refractivity contribution in [2.24, 2.45) is 0 Å². The number of rotatable bonds is 4. The van der Waals surface area contributed by atoms with Crippen molar-refractivity contribution in [2.75, 3.05) is 11.7 Å². The number of pyridine rings is 1. The number of halogens is 3. The summed E-state index contributed by atoms with van der Waals surface area (Å²) in [7, 11) is -3.47. The van der Waals surface area contributed by atoms with E-state index in [4.69, 9.17) is 4.84 Å². The van der Waals surface area contributed by atoms with Crippen LogP contribution in [0, 0.1) is 0 Å². The van der Waals surface area contributed by atoms with Crippen molar-refractivity contribution >= 4 is 15.7 Å². The Labute approximate surface area is 142 Å². The normalized spacial score (nSPS) is 13.1. The van der Waals surface area contributed by atoms with Gasteiger partial charge in [-0.05, 0) is 32.9 Å². The first-order valence-corrected chi connectivity index (χ1v) is 8.94. The second-order valence-electron chi connectivity index (χ2n) is 6.27. The van der Waals surface area contributed by atoms with Gasteiger partial charge in [0.05, 0.1) is 10.5 Å². The van der Waals surface area contributed by atoms with Crippen LogP contribution in [0.15, 0.2) is 29.3 Å². The first-order valence-electron chi connectivity index (χ1n) is 7.05. The summed E-state index contributed by atoms with van der Waals surface area (Å²) < 4.78 is 62.6. The largest absolute Gasteiger partial charge is 0.435 e. The molecule has 2 rings (SSSR count). The molecule has 25 heavy (non-hydrogen) atoms. The van der Waals surface area contributed by atoms with Crippen molar-refractivity contribution < 1.29 is 26.4 Å². The average Bonchev–Trinajstić information content (AvgIpc) is 2.88. The fourth-order valence-corrected chi connectivity index (χ4v) is 2.25. The molecule has 7 nitrogen and oxygen atoms in total. The molecule has 1 N–H and O–H groups in total. The second-order valence-corrected chi connectivity index (χ2v) is 8.28. The van der Waals surface area contributed by atoms with Crippen molar-refractivity contribution in [3.05, 3.63) is 30.1 Å². The maximum Gasteiger partial charge on any atom is 0.435 e. The highest BCUT2D eigenvalue weighted by atomic mass is 32.2. The van der Waals surface area contributed by atoms with Crippen LogP contribution in [0.25, 0.3) is 5.82 Å². The molecule has 138 valence electrons. The summed E-state index contributed by atoms with van der Waals surface area (Å²) in [6.45, 7) is 5.14. The maximum atomic E-state index is 12.9. The van der Waals surface area contributed by atoms with Gasteiger partial charge in [-0.2, -0.15) is 23.0 Å². The molecule has 2 aromatic rings. The van der Waals surface area contributed by atoms with E-state index in [0.29, 0.717) is 0 Å². The monoisotopic (exact) mass is 378 g/mol. The van der Waals surface area contributed by atoms with E-state index >= 15 is 0 Å². The number of aromatic nitrogens is 3. The minimum Gasteiger partial charge on any atom is -0.269 e. The topological polar surface area (TPSA) is 86.1 Å². The number of alkyl halides is 3. The van der Waals surface area contributed by atoms with E-state index in [1.807, 2.05) is 0 Å². The summed E-state index contributed by atoms with van der Waals surface area (Å²) in [4.78, 5) is 9.10. The lowest BCUT2D eigenvalue weighted by atomic mass is 10.2. The maximum absolute atomic E-state index is 12.9. The van der Waals surface area contributed by atoms with Gasteiger partial charge in [-0.15, -0.1) is 0 Å². The SMILES string of the molecule is CC(C)(C)ONc1cc(C(F)(F)F)nn1-c1ccc(S(C)(=O)=O)cn1. The smallest absolute Gasteiger partial charge is 0.269 e. The average molecular weight is 378 g/mol. The third-order valence-corrected chi connectivity index (χ3v) is 3.93. The van der Waals surface area contributed by atoms with Gasteiger partial charge in [0, 0.05) is 18.5 Å². The van der Waals surface area contributed by atoms with Gasteiger partial charge >= 0.3 is 6.18 Å². The van der Waals surface area contributed by atoms with Gasteiger partial charge in [-0.1, -0.05) is 0 Å². The molecule has 0 radical (unpaired) electrons. The van der Waals surface area contributed by atoms with E-state index < -0.39 is 27.3 Å². The van der Waals surface area contributed by atoms with Crippen molar-refractivity contribution in [1.82, 2.24) is 14.8 Å². The Kier molecular flexibility index (Phi) is 4.83. The number of hydrogen-bond donors (Lipinski definition) is 1. The summed E-state index contributed by atoms with van der Waals surface area (Å²) in [5, 5.41) is 3.48. The highest BCUT2D eigenvalue weighted by Crippen LogP contribution is 2.31. The lowest BCUT2D eigenvalue weighted by molar-refractivity contribution is -0.141. The number of nitrogens with one attached hydrogen (secondary N) is 1. The van der Waals surface area contributed by atoms with Crippen LogP contribution in [0.1, 0.15) is 26.5 Å². The standard InChI is InChI=1S/C14H17F3N4O3S/c1-13(2,3)24-20-12-7-10(14(15,16)17)19-21(12)11-6-5-9(8-18-11)25(4,22)23/h5-8,20H,1-4H3. The van der Waals surface area contributed by atoms with Crippen LogP contribution < -0.4 is 5.48 Å². The Morgan fingerprint density at radius 1 is 1.20 bits per heavy atom. The van der Waals surface area contributed by atoms with Crippen molar-refractivity contribution in [3.8, 4) is 5.82 Å². The van der Waals surface area contributed by atoms with Gasteiger partial charge < -0.3 is 0 Å². The highest BCUT2D eigenvalue weighted by molar-refractivity contribution is 7.90. The van der Waals surface area contributed by atoms with Crippen LogP contribution in [0.5, 0.6) is 0 Å². The molecule has 0 unspecified atom stereocenters. The van der Waals surface area contributed by atoms with E-state index in [1.165, 1.54) is 12.1 Å². The Hall–Kier alpha value is -2.14. The van der Waals surface area contributed by atoms with Gasteiger partial charge in [-0.3, -0.25) is 4.84 Å². The fraction of sp³-hybridized carbons (Fsp3) is 0.429. The van der Waals surface area contributed by atoms with Crippen molar-refractivity contribution in [2.45, 2.75) is 37.4 Å². The molecule has 11 heteroatoms. The van der Waals surface area contributed by atoms with Gasteiger partial charge in [0.15, 0.2) is 27.2 Å². The molecule has 0 aromatic carbocycles. The molecule has 0 amide bonds. The predicted octanol–water partition coefficient (Wildman–Crippen LogP) is 2.83. The molecule has 2 aromatic heterocycles. The van der Waals surface area contributed by atoms with Crippen LogP contribution >= 0.6 is 0 Å². The van der Waals surface area contributed by atoms with Crippen LogP contribution in [0.3, 0.4) is 0 Å². The molecule has 0 fully saturated rings. The lowest BCUT2D eigenvalue weighted by Gasteiger charge is -2.20. The highest BCUT2D eigenvalue weighted by Gasteiger charge is 2.35. The fourth-order valence-electron chi connectivity index (χ4n) is 1.69. The Bertz CT molecular complexity index is 853. The molecule has 2 heterocycles. The van der Waals surface area contributed by atoms with Crippen molar-refractivity contribution in [1.29, 1.82) is 0 Å². The van der Waals surface area contributed by atoms with Gasteiger partial charge in [0.2, 0.25) is 0 Å². The van der Waals surface area contributed by atoms with Gasteiger partial charge in [0.1, 0.15) is 0 Å². The lowest BCUT2D eigenvalue weighted by Crippen LogP contribution is -2.24. The summed E-state index contributed by atoms with van der Waals surface area (Å²) >= 11 is 0. The zero-order valence-corrected chi connectivity index (χ0v) is 14.7. The molecular weight excluding hydrogens is 361 g/mol. The quantitative estimate of drug-likeness (QED) is 0.824. The minimum atomic E-state index is -4.66. The summed E-state index contributed by atoms with van der Waals surface area (Å²) in [5.41, 5.74) is 0.628. The molecule has 0 bridgehead atoms. The number of nitrogens with zero attached hydrogens (tertiary/aromatic N) is 3. The summed E-state index contributed by atoms with van der Waals surface area (Å²) in [6, 6.07) is 3.27. The van der Waals surface area contributed by atoms with Gasteiger partial charge in [0.25, 0.3) is 0 Å². The Morgan fingerprint density at radius 3 is 2.28 bits per heavy atom. The molecule has 0 saturated heterocycles. The van der Waals surface area contributed by atoms with E-state index in [1.54, 1.807) is 20.8 Å². The first kappa shape index (κ1) is 19.2. The summed E-state index contributed by atoms with van der Waals surface area (Å²) in [6.07, 6.45) is -2.60. The molecular formula is C14H17F3N4O3S. The van der Waals surface area contributed by atoms with Crippen LogP contribution in [0.4, 0.5) is 19.0 Å². The minimum absolute atomic E-state index is 0.00269. The van der Waals surface area contributed by atoms with Crippen LogP contribution in [0.2, 0.25) is 0 Å². The zero-order valence-electron chi connectivity index (χ0n) is 13.9. The van der Waals surface area contributed by atoms with Crippen molar-refractivity contribution in [3.63, 3.8) is 0 Å². The Balaban J connectivity index is 2.45. The van der Waals surface area contributed by atoms with E-state index in [-0.39, 0.29) is 16.5 Å². The molecule has 0 atom stereocenters. The summed E-state index contributed by atoms with van der Waals surface area (Å²) in [5.74, 6) is -0.0928. The molecule has 0 aliphatic carbocycles. The number of sulfone groups is 1. The molecule has 0 aliphatic rings. The zero-order chi connectivity index (χ0) is 19.0. The van der Waals surface area contributed by atoms with Gasteiger partial charge in [-0.25, -0.2) is 18.9 Å². The van der Waals surface area contributed by atoms with E-state index in [9.17, 15) is 21.6 Å². The van der Waals surface area contributed by atoms with Crippen LogP contribution in [-0.2, 0) is 20.9 Å². The van der Waals surface area contributed by atoms with E-state index in [2.05, 4.69) is 15.6 Å². The first-order chi connectivity index (χ1) is 11.3. The molecule has 0 aliphatic heterocycles. The molecule has 0 saturated carbocycles. The third kappa shape index (κ3) is 4.92. The number of hydrogen-bond acceptors (Lipinski definition) is 6. The third-order valence-electron chi connectivity index (χ3n) is 2.83.